The second kappa shape index (κ2) is 3.51. The van der Waals surface area contributed by atoms with Gasteiger partial charge in [0.05, 0.1) is 11.6 Å². The lowest BCUT2D eigenvalue weighted by Gasteiger charge is -2.02. The molecule has 1 heterocycles. The second-order valence-corrected chi connectivity index (χ2v) is 3.93. The molecule has 4 heteroatoms. The quantitative estimate of drug-likeness (QED) is 0.796. The molecule has 80 valence electrons. The minimum absolute atomic E-state index is 0.330. The fourth-order valence-corrected chi connectivity index (χ4v) is 2.21. The first-order chi connectivity index (χ1) is 7.04. The molecule has 0 fully saturated rings. The summed E-state index contributed by atoms with van der Waals surface area (Å²) in [7, 11) is 1.68. The Morgan fingerprint density at radius 2 is 2.13 bits per heavy atom. The van der Waals surface area contributed by atoms with Gasteiger partial charge < -0.3 is 9.67 Å². The van der Waals surface area contributed by atoms with Gasteiger partial charge in [-0.25, -0.2) is 4.39 Å². The van der Waals surface area contributed by atoms with E-state index in [0.717, 1.165) is 0 Å². The third kappa shape index (κ3) is 1.43. The Kier molecular flexibility index (Phi) is 2.44. The molecule has 2 nitrogen and oxygen atoms in total. The smallest absolute Gasteiger partial charge is 0.147 e. The molecule has 0 aliphatic carbocycles. The molecule has 0 bridgehead atoms. The molecule has 15 heavy (non-hydrogen) atoms. The van der Waals surface area contributed by atoms with Crippen LogP contribution in [0.4, 0.5) is 4.39 Å². The number of hydrogen-bond acceptors (Lipinski definition) is 1. The topological polar surface area (TPSA) is 25.2 Å². The van der Waals surface area contributed by atoms with Gasteiger partial charge in [-0.3, -0.25) is 0 Å². The van der Waals surface area contributed by atoms with E-state index in [9.17, 15) is 9.50 Å². The number of aromatic nitrogens is 1. The summed E-state index contributed by atoms with van der Waals surface area (Å²) in [5.41, 5.74) is 1.01. The highest BCUT2D eigenvalue weighted by Gasteiger charge is 2.18. The van der Waals surface area contributed by atoms with E-state index in [-0.39, 0.29) is 5.82 Å². The molecule has 0 spiro atoms. The Hall–Kier alpha value is -1.06. The maximum absolute atomic E-state index is 13.5. The average molecular weight is 228 g/mol. The molecule has 1 unspecified atom stereocenters. The van der Waals surface area contributed by atoms with Crippen molar-refractivity contribution in [2.24, 2.45) is 7.05 Å². The van der Waals surface area contributed by atoms with E-state index in [1.165, 1.54) is 6.07 Å². The predicted molar refractivity (Wildman–Crippen MR) is 58.5 cm³/mol. The molecular weight excluding hydrogens is 217 g/mol. The molecule has 0 aliphatic rings. The van der Waals surface area contributed by atoms with E-state index >= 15 is 0 Å². The van der Waals surface area contributed by atoms with Crippen molar-refractivity contribution in [1.29, 1.82) is 0 Å². The van der Waals surface area contributed by atoms with E-state index < -0.39 is 6.10 Å². The summed E-state index contributed by atoms with van der Waals surface area (Å²) in [5, 5.41) is 10.6. The van der Waals surface area contributed by atoms with Crippen molar-refractivity contribution in [1.82, 2.24) is 4.57 Å². The normalized spacial score (nSPS) is 13.4. The van der Waals surface area contributed by atoms with Gasteiger partial charge >= 0.3 is 0 Å². The van der Waals surface area contributed by atoms with Crippen LogP contribution in [0.5, 0.6) is 0 Å². The fraction of sp³-hybridized carbons (Fsp3) is 0.273. The molecule has 0 aliphatic heterocycles. The summed E-state index contributed by atoms with van der Waals surface area (Å²) in [5.74, 6) is -0.330. The molecule has 0 radical (unpaired) electrons. The number of hydrogen-bond donors (Lipinski definition) is 1. The maximum Gasteiger partial charge on any atom is 0.147 e. The van der Waals surface area contributed by atoms with Gasteiger partial charge in [0.25, 0.3) is 0 Å². The predicted octanol–water partition coefficient (Wildman–Crippen LogP) is 3.02. The lowest BCUT2D eigenvalue weighted by atomic mass is 10.1. The molecular formula is C11H11ClFNO. The third-order valence-corrected chi connectivity index (χ3v) is 3.00. The zero-order chi connectivity index (χ0) is 11.2. The van der Waals surface area contributed by atoms with Crippen LogP contribution in [-0.4, -0.2) is 9.67 Å². The van der Waals surface area contributed by atoms with Gasteiger partial charge in [-0.1, -0.05) is 23.7 Å². The van der Waals surface area contributed by atoms with Crippen LogP contribution >= 0.6 is 11.6 Å². The molecule has 1 aromatic carbocycles. The van der Waals surface area contributed by atoms with Crippen LogP contribution in [0, 0.1) is 5.82 Å². The van der Waals surface area contributed by atoms with E-state index in [0.29, 0.717) is 21.6 Å². The van der Waals surface area contributed by atoms with Gasteiger partial charge in [0.2, 0.25) is 0 Å². The minimum atomic E-state index is -0.706. The monoisotopic (exact) mass is 227 g/mol. The number of aliphatic hydroxyl groups is 1. The molecule has 2 rings (SSSR count). The number of rotatable bonds is 1. The van der Waals surface area contributed by atoms with Crippen LogP contribution in [0.1, 0.15) is 18.6 Å². The number of benzene rings is 1. The Morgan fingerprint density at radius 3 is 2.73 bits per heavy atom. The highest BCUT2D eigenvalue weighted by atomic mass is 35.5. The van der Waals surface area contributed by atoms with Crippen molar-refractivity contribution >= 4 is 22.5 Å². The van der Waals surface area contributed by atoms with E-state index in [2.05, 4.69) is 0 Å². The Labute approximate surface area is 91.9 Å². The largest absolute Gasteiger partial charge is 0.389 e. The lowest BCUT2D eigenvalue weighted by Crippen LogP contribution is -1.92. The van der Waals surface area contributed by atoms with Crippen molar-refractivity contribution < 1.29 is 9.50 Å². The molecule has 0 amide bonds. The molecule has 2 aromatic rings. The molecule has 1 N–H and O–H groups in total. The van der Waals surface area contributed by atoms with Gasteiger partial charge in [0.15, 0.2) is 0 Å². The maximum atomic E-state index is 13.5. The Bertz CT molecular complexity index is 519. The molecule has 1 atom stereocenters. The zero-order valence-electron chi connectivity index (χ0n) is 8.46. The Balaban J connectivity index is 2.94. The number of aliphatic hydroxyl groups excluding tert-OH is 1. The van der Waals surface area contributed by atoms with Crippen molar-refractivity contribution in [2.45, 2.75) is 13.0 Å². The molecule has 0 saturated carbocycles. The van der Waals surface area contributed by atoms with Crippen LogP contribution in [-0.2, 0) is 7.05 Å². The highest BCUT2D eigenvalue weighted by molar-refractivity contribution is 6.32. The number of nitrogens with zero attached hydrogens (tertiary/aromatic N) is 1. The SMILES string of the molecule is CC(O)c1c(Cl)n(C)c2c(F)cccc12. The van der Waals surface area contributed by atoms with E-state index in [1.807, 2.05) is 0 Å². The van der Waals surface area contributed by atoms with Crippen LogP contribution in [0.3, 0.4) is 0 Å². The highest BCUT2D eigenvalue weighted by Crippen LogP contribution is 2.34. The second-order valence-electron chi connectivity index (χ2n) is 3.58. The van der Waals surface area contributed by atoms with Gasteiger partial charge in [0.1, 0.15) is 11.0 Å². The van der Waals surface area contributed by atoms with Crippen LogP contribution in [0.15, 0.2) is 18.2 Å². The summed E-state index contributed by atoms with van der Waals surface area (Å²) in [6.45, 7) is 1.62. The average Bonchev–Trinajstić information content (AvgIpc) is 2.41. The zero-order valence-corrected chi connectivity index (χ0v) is 9.22. The van der Waals surface area contributed by atoms with Gasteiger partial charge in [-0.15, -0.1) is 0 Å². The first-order valence-corrected chi connectivity index (χ1v) is 5.02. The minimum Gasteiger partial charge on any atom is -0.389 e. The summed E-state index contributed by atoms with van der Waals surface area (Å²) in [6, 6.07) is 4.75. The molecule has 0 saturated heterocycles. The summed E-state index contributed by atoms with van der Waals surface area (Å²) >= 11 is 6.04. The number of fused-ring (bicyclic) bond motifs is 1. The number of aryl methyl sites for hydroxylation is 1. The van der Waals surface area contributed by atoms with Crippen LogP contribution < -0.4 is 0 Å². The third-order valence-electron chi connectivity index (χ3n) is 2.55. The summed E-state index contributed by atoms with van der Waals surface area (Å²) in [4.78, 5) is 0. The van der Waals surface area contributed by atoms with Gasteiger partial charge in [-0.2, -0.15) is 0 Å². The van der Waals surface area contributed by atoms with Gasteiger partial charge in [0, 0.05) is 18.0 Å². The number of para-hydroxylation sites is 1. The number of halogens is 2. The molecule has 1 aromatic heterocycles. The van der Waals surface area contributed by atoms with Crippen LogP contribution in [0.2, 0.25) is 5.15 Å². The summed E-state index contributed by atoms with van der Waals surface area (Å²) < 4.78 is 15.1. The first-order valence-electron chi connectivity index (χ1n) is 4.64. The van der Waals surface area contributed by atoms with Gasteiger partial charge in [-0.05, 0) is 13.0 Å². The summed E-state index contributed by atoms with van der Waals surface area (Å²) in [6.07, 6.45) is -0.706. The van der Waals surface area contributed by atoms with Crippen molar-refractivity contribution in [3.8, 4) is 0 Å². The fourth-order valence-electron chi connectivity index (χ4n) is 1.86. The van der Waals surface area contributed by atoms with Crippen LogP contribution in [0.25, 0.3) is 10.9 Å². The standard InChI is InChI=1S/C11H11ClFNO/c1-6(15)9-7-4-3-5-8(13)10(7)14(2)11(9)12/h3-6,15H,1-2H3. The van der Waals surface area contributed by atoms with E-state index in [1.54, 1.807) is 30.7 Å². The van der Waals surface area contributed by atoms with Crippen molar-refractivity contribution in [3.05, 3.63) is 34.7 Å². The Morgan fingerprint density at radius 1 is 1.47 bits per heavy atom. The first kappa shape index (κ1) is 10.5. The van der Waals surface area contributed by atoms with Crippen molar-refractivity contribution in [2.75, 3.05) is 0 Å². The van der Waals surface area contributed by atoms with E-state index in [4.69, 9.17) is 11.6 Å². The van der Waals surface area contributed by atoms with Crippen molar-refractivity contribution in [3.63, 3.8) is 0 Å². The lowest BCUT2D eigenvalue weighted by molar-refractivity contribution is 0.201.